The van der Waals surface area contributed by atoms with E-state index in [-0.39, 0.29) is 17.2 Å². The number of nitrogens with zero attached hydrogens (tertiary/aromatic N) is 1. The van der Waals surface area contributed by atoms with Crippen LogP contribution in [0.25, 0.3) is 0 Å². The van der Waals surface area contributed by atoms with Crippen molar-refractivity contribution in [2.24, 2.45) is 5.41 Å². The van der Waals surface area contributed by atoms with Crippen LogP contribution in [0.15, 0.2) is 48.5 Å². The Kier molecular flexibility index (Phi) is 3.26. The molecule has 1 aliphatic carbocycles. The molecule has 0 N–H and O–H groups in total. The van der Waals surface area contributed by atoms with Crippen molar-refractivity contribution in [1.82, 2.24) is 4.90 Å². The molecule has 0 aromatic heterocycles. The Balaban J connectivity index is 1.45. The van der Waals surface area contributed by atoms with Gasteiger partial charge in [-0.15, -0.1) is 0 Å². The highest BCUT2D eigenvalue weighted by Gasteiger charge is 2.58. The number of halogens is 2. The lowest BCUT2D eigenvalue weighted by Gasteiger charge is -2.16. The highest BCUT2D eigenvalue weighted by atomic mass is 19.1. The molecule has 0 bridgehead atoms. The molecule has 3 heteroatoms. The predicted octanol–water partition coefficient (Wildman–Crippen LogP) is 4.34. The Morgan fingerprint density at radius 2 is 1.91 bits per heavy atom. The normalized spacial score (nSPS) is 27.5. The fourth-order valence-electron chi connectivity index (χ4n) is 3.98. The maximum atomic E-state index is 14.0. The van der Waals surface area contributed by atoms with Crippen LogP contribution in [0.1, 0.15) is 29.9 Å². The molecule has 1 saturated carbocycles. The quantitative estimate of drug-likeness (QED) is 0.814. The fourth-order valence-corrected chi connectivity index (χ4v) is 3.98. The maximum absolute atomic E-state index is 14.0. The van der Waals surface area contributed by atoms with Crippen LogP contribution in [0.5, 0.6) is 0 Å². The Morgan fingerprint density at radius 1 is 1.09 bits per heavy atom. The summed E-state index contributed by atoms with van der Waals surface area (Å²) in [6.45, 7) is 3.04. The molecule has 2 aliphatic rings. The third-order valence-corrected chi connectivity index (χ3v) is 5.24. The molecule has 0 amide bonds. The van der Waals surface area contributed by atoms with Crippen molar-refractivity contribution in [2.75, 3.05) is 13.1 Å². The van der Waals surface area contributed by atoms with E-state index in [1.807, 2.05) is 6.07 Å². The molecule has 1 aliphatic heterocycles. The first-order valence-corrected chi connectivity index (χ1v) is 7.88. The van der Waals surface area contributed by atoms with Crippen LogP contribution in [-0.4, -0.2) is 18.0 Å². The molecular weight excluding hydrogens is 280 g/mol. The lowest BCUT2D eigenvalue weighted by molar-refractivity contribution is 0.310. The molecule has 2 aromatic rings. The summed E-state index contributed by atoms with van der Waals surface area (Å²) in [7, 11) is 0. The van der Waals surface area contributed by atoms with Crippen LogP contribution in [0, 0.1) is 17.0 Å². The second-order valence-corrected chi connectivity index (χ2v) is 6.73. The molecule has 0 radical (unpaired) electrons. The number of likely N-dealkylation sites (tertiary alicyclic amines) is 1. The van der Waals surface area contributed by atoms with Gasteiger partial charge >= 0.3 is 0 Å². The first kappa shape index (κ1) is 13.9. The van der Waals surface area contributed by atoms with E-state index in [2.05, 4.69) is 29.2 Å². The third kappa shape index (κ3) is 2.44. The summed E-state index contributed by atoms with van der Waals surface area (Å²) >= 11 is 0. The van der Waals surface area contributed by atoms with Gasteiger partial charge in [-0.3, -0.25) is 4.90 Å². The van der Waals surface area contributed by atoms with Crippen molar-refractivity contribution >= 4 is 0 Å². The lowest BCUT2D eigenvalue weighted by atomic mass is 9.98. The topological polar surface area (TPSA) is 3.24 Å². The van der Waals surface area contributed by atoms with Crippen molar-refractivity contribution in [2.45, 2.75) is 25.3 Å². The SMILES string of the molecule is Fc1ccc([C@@H]2CC23CCN(Cc2ccccc2)C3)c(F)c1. The smallest absolute Gasteiger partial charge is 0.129 e. The first-order chi connectivity index (χ1) is 10.7. The summed E-state index contributed by atoms with van der Waals surface area (Å²) in [5.41, 5.74) is 2.24. The van der Waals surface area contributed by atoms with Crippen LogP contribution in [0.2, 0.25) is 0 Å². The summed E-state index contributed by atoms with van der Waals surface area (Å²) in [6.07, 6.45) is 2.14. The Labute approximate surface area is 129 Å². The van der Waals surface area contributed by atoms with Gasteiger partial charge in [0.15, 0.2) is 0 Å². The van der Waals surface area contributed by atoms with Gasteiger partial charge in [0.25, 0.3) is 0 Å². The number of rotatable bonds is 3. The van der Waals surface area contributed by atoms with Gasteiger partial charge in [0.05, 0.1) is 0 Å². The fraction of sp³-hybridized carbons (Fsp3) is 0.368. The number of hydrogen-bond donors (Lipinski definition) is 0. The zero-order valence-electron chi connectivity index (χ0n) is 12.4. The van der Waals surface area contributed by atoms with Crippen molar-refractivity contribution < 1.29 is 8.78 Å². The van der Waals surface area contributed by atoms with E-state index in [0.717, 1.165) is 38.5 Å². The average molecular weight is 299 g/mol. The summed E-state index contributed by atoms with van der Waals surface area (Å²) in [6, 6.07) is 14.5. The summed E-state index contributed by atoms with van der Waals surface area (Å²) in [4.78, 5) is 2.46. The standard InChI is InChI=1S/C19H19F2N/c20-15-6-7-16(18(21)10-15)17-11-19(17)8-9-22(13-19)12-14-4-2-1-3-5-14/h1-7,10,17H,8-9,11-13H2/t17-,19?/m0/s1. The summed E-state index contributed by atoms with van der Waals surface area (Å²) in [5, 5.41) is 0. The van der Waals surface area contributed by atoms with E-state index in [1.165, 1.54) is 11.6 Å². The molecule has 1 nitrogen and oxygen atoms in total. The molecular formula is C19H19F2N. The second kappa shape index (κ2) is 5.17. The van der Waals surface area contributed by atoms with Gasteiger partial charge < -0.3 is 0 Å². The zero-order valence-corrected chi connectivity index (χ0v) is 12.4. The molecule has 4 rings (SSSR count). The Bertz CT molecular complexity index is 685. The van der Waals surface area contributed by atoms with Gasteiger partial charge in [0.2, 0.25) is 0 Å². The molecule has 2 aromatic carbocycles. The van der Waals surface area contributed by atoms with E-state index in [9.17, 15) is 8.78 Å². The maximum Gasteiger partial charge on any atom is 0.129 e. The molecule has 2 fully saturated rings. The molecule has 1 unspecified atom stereocenters. The molecule has 22 heavy (non-hydrogen) atoms. The van der Waals surface area contributed by atoms with Crippen molar-refractivity contribution in [3.8, 4) is 0 Å². The van der Waals surface area contributed by atoms with E-state index < -0.39 is 5.82 Å². The van der Waals surface area contributed by atoms with Crippen LogP contribution in [0.3, 0.4) is 0 Å². The van der Waals surface area contributed by atoms with Crippen molar-refractivity contribution in [3.05, 3.63) is 71.3 Å². The summed E-state index contributed by atoms with van der Waals surface area (Å²) < 4.78 is 27.0. The van der Waals surface area contributed by atoms with E-state index in [1.54, 1.807) is 6.07 Å². The highest BCUT2D eigenvalue weighted by molar-refractivity contribution is 5.33. The minimum atomic E-state index is -0.493. The van der Waals surface area contributed by atoms with Crippen LogP contribution < -0.4 is 0 Å². The van der Waals surface area contributed by atoms with Gasteiger partial charge in [-0.25, -0.2) is 8.78 Å². The minimum absolute atomic E-state index is 0.216. The van der Waals surface area contributed by atoms with Crippen LogP contribution in [0.4, 0.5) is 8.78 Å². The molecule has 1 heterocycles. The van der Waals surface area contributed by atoms with Crippen LogP contribution >= 0.6 is 0 Å². The zero-order chi connectivity index (χ0) is 15.2. The average Bonchev–Trinajstić information content (AvgIpc) is 3.04. The third-order valence-electron chi connectivity index (χ3n) is 5.24. The van der Waals surface area contributed by atoms with Gasteiger partial charge in [-0.1, -0.05) is 36.4 Å². The number of hydrogen-bond acceptors (Lipinski definition) is 1. The predicted molar refractivity (Wildman–Crippen MR) is 82.5 cm³/mol. The monoisotopic (exact) mass is 299 g/mol. The first-order valence-electron chi connectivity index (χ1n) is 7.88. The lowest BCUT2D eigenvalue weighted by Crippen LogP contribution is -2.20. The van der Waals surface area contributed by atoms with E-state index >= 15 is 0 Å². The number of benzene rings is 2. The van der Waals surface area contributed by atoms with Crippen LogP contribution in [-0.2, 0) is 6.54 Å². The van der Waals surface area contributed by atoms with Gasteiger partial charge in [0.1, 0.15) is 11.6 Å². The van der Waals surface area contributed by atoms with Crippen molar-refractivity contribution in [3.63, 3.8) is 0 Å². The molecule has 1 spiro atoms. The Hall–Kier alpha value is -1.74. The highest BCUT2D eigenvalue weighted by Crippen LogP contribution is 2.64. The molecule has 2 atom stereocenters. The second-order valence-electron chi connectivity index (χ2n) is 6.73. The van der Waals surface area contributed by atoms with Gasteiger partial charge in [-0.05, 0) is 47.9 Å². The molecule has 114 valence electrons. The largest absolute Gasteiger partial charge is 0.298 e. The van der Waals surface area contributed by atoms with Crippen molar-refractivity contribution in [1.29, 1.82) is 0 Å². The van der Waals surface area contributed by atoms with E-state index in [0.29, 0.717) is 5.56 Å². The van der Waals surface area contributed by atoms with Gasteiger partial charge in [-0.2, -0.15) is 0 Å². The minimum Gasteiger partial charge on any atom is -0.298 e. The van der Waals surface area contributed by atoms with Gasteiger partial charge in [0, 0.05) is 19.2 Å². The Morgan fingerprint density at radius 3 is 2.68 bits per heavy atom. The van der Waals surface area contributed by atoms with E-state index in [4.69, 9.17) is 0 Å². The summed E-state index contributed by atoms with van der Waals surface area (Å²) in [5.74, 6) is -0.620. The molecule has 1 saturated heterocycles.